The highest BCUT2D eigenvalue weighted by Gasteiger charge is 2.38. The molecule has 9 heteroatoms. The molecule has 1 aliphatic heterocycles. The zero-order chi connectivity index (χ0) is 18.8. The molecule has 1 atom stereocenters. The molecule has 0 saturated carbocycles. The van der Waals surface area contributed by atoms with Crippen LogP contribution >= 0.6 is 11.8 Å². The van der Waals surface area contributed by atoms with Gasteiger partial charge in [0, 0.05) is 11.2 Å². The summed E-state index contributed by atoms with van der Waals surface area (Å²) in [6, 6.07) is 4.49. The minimum Gasteiger partial charge on any atom is -0.425 e. The van der Waals surface area contributed by atoms with Crippen molar-refractivity contribution in [2.75, 3.05) is 10.8 Å². The van der Waals surface area contributed by atoms with Gasteiger partial charge in [-0.1, -0.05) is 24.8 Å². The van der Waals surface area contributed by atoms with Gasteiger partial charge in [0.25, 0.3) is 5.91 Å². The molecule has 1 aromatic carbocycles. The molecule has 0 bridgehead atoms. The van der Waals surface area contributed by atoms with Crippen LogP contribution in [-0.4, -0.2) is 28.9 Å². The van der Waals surface area contributed by atoms with Crippen molar-refractivity contribution in [3.8, 4) is 0 Å². The molecule has 0 aromatic heterocycles. The third kappa shape index (κ3) is 4.81. The quantitative estimate of drug-likeness (QED) is 0.863. The molecule has 1 aromatic rings. The molecule has 2 rings (SSSR count). The first kappa shape index (κ1) is 19.4. The topological polar surface area (TPSA) is 58.6 Å². The number of nitrogens with zero attached hydrogens (tertiary/aromatic N) is 1. The van der Waals surface area contributed by atoms with Crippen LogP contribution in [0, 0.1) is 0 Å². The Morgan fingerprint density at radius 1 is 1.40 bits per heavy atom. The van der Waals surface area contributed by atoms with Gasteiger partial charge >= 0.3 is 12.3 Å². The van der Waals surface area contributed by atoms with E-state index in [0.717, 1.165) is 23.9 Å². The number of halogens is 3. The van der Waals surface area contributed by atoms with Crippen molar-refractivity contribution in [1.29, 1.82) is 0 Å². The Kier molecular flexibility index (Phi) is 5.55. The van der Waals surface area contributed by atoms with Crippen LogP contribution in [0.1, 0.15) is 32.8 Å². The number of carbonyl (C=O) groups excluding carboxylic acids is 2. The minimum atomic E-state index is -4.49. The van der Waals surface area contributed by atoms with Gasteiger partial charge in [0.2, 0.25) is 5.44 Å². The Morgan fingerprint density at radius 3 is 2.68 bits per heavy atom. The number of nitrogens with one attached hydrogen (secondary N) is 1. The number of hydrogen-bond acceptors (Lipinski definition) is 4. The number of rotatable bonds is 4. The van der Waals surface area contributed by atoms with Crippen molar-refractivity contribution in [2.24, 2.45) is 0 Å². The molecule has 1 unspecified atom stereocenters. The van der Waals surface area contributed by atoms with Crippen molar-refractivity contribution < 1.29 is 27.5 Å². The fraction of sp³-hybridized carbons (Fsp3) is 0.500. The van der Waals surface area contributed by atoms with Crippen molar-refractivity contribution in [1.82, 2.24) is 5.32 Å². The Hall–Kier alpha value is -1.90. The van der Waals surface area contributed by atoms with E-state index in [2.05, 4.69) is 5.32 Å². The lowest BCUT2D eigenvalue weighted by Gasteiger charge is -2.24. The zero-order valence-corrected chi connectivity index (χ0v) is 14.8. The second kappa shape index (κ2) is 7.15. The Balaban J connectivity index is 2.06. The first-order valence-corrected chi connectivity index (χ1v) is 8.67. The van der Waals surface area contributed by atoms with Crippen LogP contribution in [-0.2, 0) is 15.7 Å². The molecule has 138 valence electrons. The number of anilines is 1. The van der Waals surface area contributed by atoms with E-state index in [9.17, 15) is 22.8 Å². The molecule has 0 aliphatic carbocycles. The summed E-state index contributed by atoms with van der Waals surface area (Å²) in [6.07, 6.45) is -4.55. The SMILES string of the molecule is CCC(C)(C)NC(=O)OC1SCN(c2cccc(C(F)(F)F)c2)C1=O. The number of thioether (sulfide) groups is 1. The molecule has 1 aliphatic rings. The van der Waals surface area contributed by atoms with E-state index < -0.39 is 34.7 Å². The van der Waals surface area contributed by atoms with Crippen molar-refractivity contribution in [2.45, 2.75) is 44.3 Å². The van der Waals surface area contributed by atoms with Gasteiger partial charge < -0.3 is 10.1 Å². The van der Waals surface area contributed by atoms with Gasteiger partial charge in [0.15, 0.2) is 0 Å². The number of hydrogen-bond donors (Lipinski definition) is 1. The van der Waals surface area contributed by atoms with Crippen LogP contribution in [0.4, 0.5) is 23.7 Å². The first-order valence-electron chi connectivity index (χ1n) is 7.62. The van der Waals surface area contributed by atoms with Gasteiger partial charge in [0.05, 0.1) is 11.4 Å². The Morgan fingerprint density at radius 2 is 2.08 bits per heavy atom. The third-order valence-electron chi connectivity index (χ3n) is 3.85. The molecule has 1 heterocycles. The van der Waals surface area contributed by atoms with Crippen LogP contribution < -0.4 is 10.2 Å². The minimum absolute atomic E-state index is 0.106. The summed E-state index contributed by atoms with van der Waals surface area (Å²) < 4.78 is 43.5. The van der Waals surface area contributed by atoms with E-state index >= 15 is 0 Å². The number of ether oxygens (including phenoxy) is 1. The number of alkyl carbamates (subject to hydrolysis) is 1. The van der Waals surface area contributed by atoms with Gasteiger partial charge in [-0.15, -0.1) is 0 Å². The molecular weight excluding hydrogens is 357 g/mol. The fourth-order valence-electron chi connectivity index (χ4n) is 2.03. The van der Waals surface area contributed by atoms with Gasteiger partial charge in [-0.25, -0.2) is 4.79 Å². The highest BCUT2D eigenvalue weighted by Crippen LogP contribution is 2.35. The lowest BCUT2D eigenvalue weighted by atomic mass is 10.0. The number of carbonyl (C=O) groups is 2. The number of alkyl halides is 3. The molecular formula is C16H19F3N2O3S. The summed E-state index contributed by atoms with van der Waals surface area (Å²) in [6.45, 7) is 5.52. The first-order chi connectivity index (χ1) is 11.5. The summed E-state index contributed by atoms with van der Waals surface area (Å²) in [5.74, 6) is -0.455. The van der Waals surface area contributed by atoms with Gasteiger partial charge in [-0.05, 0) is 38.5 Å². The van der Waals surface area contributed by atoms with Gasteiger partial charge in [0.1, 0.15) is 0 Å². The third-order valence-corrected chi connectivity index (χ3v) is 4.85. The number of benzene rings is 1. The molecule has 1 fully saturated rings. The maximum absolute atomic E-state index is 12.8. The maximum atomic E-state index is 12.8. The van der Waals surface area contributed by atoms with Crippen LogP contribution in [0.2, 0.25) is 0 Å². The largest absolute Gasteiger partial charge is 0.425 e. The average Bonchev–Trinajstić information content (AvgIpc) is 2.87. The second-order valence-corrected chi connectivity index (χ2v) is 7.23. The van der Waals surface area contributed by atoms with Gasteiger partial charge in [-0.2, -0.15) is 13.2 Å². The molecule has 1 saturated heterocycles. The summed E-state index contributed by atoms with van der Waals surface area (Å²) in [5, 5.41) is 2.64. The lowest BCUT2D eigenvalue weighted by molar-refractivity contribution is -0.137. The van der Waals surface area contributed by atoms with Crippen LogP contribution in [0.5, 0.6) is 0 Å². The van der Waals surface area contributed by atoms with E-state index in [0.29, 0.717) is 6.42 Å². The highest BCUT2D eigenvalue weighted by atomic mass is 32.2. The predicted octanol–water partition coefficient (Wildman–Crippen LogP) is 3.98. The van der Waals surface area contributed by atoms with Crippen LogP contribution in [0.3, 0.4) is 0 Å². The maximum Gasteiger partial charge on any atom is 0.416 e. The van der Waals surface area contributed by atoms with E-state index in [1.165, 1.54) is 17.0 Å². The summed E-state index contributed by atoms with van der Waals surface area (Å²) >= 11 is 1.04. The molecule has 1 N–H and O–H groups in total. The summed E-state index contributed by atoms with van der Waals surface area (Å²) in [4.78, 5) is 25.4. The lowest BCUT2D eigenvalue weighted by Crippen LogP contribution is -2.45. The number of amides is 2. The van der Waals surface area contributed by atoms with Crippen LogP contribution in [0.25, 0.3) is 0 Å². The summed E-state index contributed by atoms with van der Waals surface area (Å²) in [7, 11) is 0. The monoisotopic (exact) mass is 376 g/mol. The van der Waals surface area contributed by atoms with Crippen LogP contribution in [0.15, 0.2) is 24.3 Å². The zero-order valence-electron chi connectivity index (χ0n) is 14.0. The van der Waals surface area contributed by atoms with Crippen molar-refractivity contribution >= 4 is 29.4 Å². The highest BCUT2D eigenvalue weighted by molar-refractivity contribution is 8.01. The second-order valence-electron chi connectivity index (χ2n) is 6.21. The molecule has 25 heavy (non-hydrogen) atoms. The normalized spacial score (nSPS) is 18.4. The smallest absolute Gasteiger partial charge is 0.416 e. The fourth-order valence-corrected chi connectivity index (χ4v) is 3.02. The molecule has 5 nitrogen and oxygen atoms in total. The Bertz CT molecular complexity index is 664. The van der Waals surface area contributed by atoms with E-state index in [1.54, 1.807) is 0 Å². The average molecular weight is 376 g/mol. The molecule has 0 spiro atoms. The summed E-state index contributed by atoms with van der Waals surface area (Å²) in [5.41, 5.74) is -2.28. The van der Waals surface area contributed by atoms with E-state index in [4.69, 9.17) is 4.74 Å². The van der Waals surface area contributed by atoms with E-state index in [-0.39, 0.29) is 11.6 Å². The van der Waals surface area contributed by atoms with E-state index in [1.807, 2.05) is 20.8 Å². The van der Waals surface area contributed by atoms with Gasteiger partial charge in [-0.3, -0.25) is 9.69 Å². The predicted molar refractivity (Wildman–Crippen MR) is 89.2 cm³/mol. The Labute approximate surface area is 147 Å². The molecule has 2 amide bonds. The molecule has 0 radical (unpaired) electrons. The van der Waals surface area contributed by atoms with Crippen molar-refractivity contribution in [3.05, 3.63) is 29.8 Å². The van der Waals surface area contributed by atoms with Crippen molar-refractivity contribution in [3.63, 3.8) is 0 Å². The standard InChI is InChI=1S/C16H19F3N2O3S/c1-4-15(2,3)20-14(23)24-13-12(22)21(9-25-13)11-7-5-6-10(8-11)16(17,18)19/h5-8,13H,4,9H2,1-3H3,(H,20,23).